The minimum Gasteiger partial charge on any atom is -0.507 e. The Hall–Kier alpha value is -0.910. The van der Waals surface area contributed by atoms with Crippen LogP contribution in [0, 0.1) is 0 Å². The highest BCUT2D eigenvalue weighted by atomic mass is 31.2. The predicted octanol–water partition coefficient (Wildman–Crippen LogP) is 10.2. The quantitative estimate of drug-likeness (QED) is 0.0762. The summed E-state index contributed by atoms with van der Waals surface area (Å²) in [6.45, 7) is 22.1. The minimum atomic E-state index is -3.53. The molecule has 2 N–H and O–H groups in total. The van der Waals surface area contributed by atoms with Gasteiger partial charge in [0.2, 0.25) is 0 Å². The molecule has 0 spiro atoms. The Balaban J connectivity index is 2.94. The summed E-state index contributed by atoms with van der Waals surface area (Å²) in [6.07, 6.45) is 14.5. The number of phenols is 1. The van der Waals surface area contributed by atoms with Gasteiger partial charge in [0.25, 0.3) is 0 Å². The molecule has 6 nitrogen and oxygen atoms in total. The fourth-order valence-corrected chi connectivity index (χ4v) is 7.76. The van der Waals surface area contributed by atoms with Crippen LogP contribution in [-0.2, 0) is 24.4 Å². The number of hydrogen-bond acceptors (Lipinski definition) is 5. The van der Waals surface area contributed by atoms with E-state index in [4.69, 9.17) is 9.05 Å². The smallest absolute Gasteiger partial charge is 0.351 e. The largest absolute Gasteiger partial charge is 0.507 e. The van der Waals surface area contributed by atoms with Crippen molar-refractivity contribution in [3.05, 3.63) is 28.8 Å². The molecule has 1 aromatic carbocycles. The fourth-order valence-electron chi connectivity index (χ4n) is 5.80. The Kier molecular flexibility index (Phi) is 17.6. The Morgan fingerprint density at radius 3 is 1.58 bits per heavy atom. The first-order valence-corrected chi connectivity index (χ1v) is 19.0. The van der Waals surface area contributed by atoms with Crippen molar-refractivity contribution in [2.75, 3.05) is 46.9 Å². The number of hydrogen-bond donors (Lipinski definition) is 2. The van der Waals surface area contributed by atoms with Crippen molar-refractivity contribution in [3.63, 3.8) is 0 Å². The average molecular weight is 626 g/mol. The van der Waals surface area contributed by atoms with Gasteiger partial charge >= 0.3 is 7.60 Å². The third-order valence-corrected chi connectivity index (χ3v) is 10.7. The zero-order valence-electron chi connectivity index (χ0n) is 30.1. The second-order valence-corrected chi connectivity index (χ2v) is 17.2. The van der Waals surface area contributed by atoms with Crippen molar-refractivity contribution in [2.45, 2.75) is 150 Å². The van der Waals surface area contributed by atoms with Crippen molar-refractivity contribution in [1.82, 2.24) is 5.32 Å². The number of phenolic OH excluding ortho intramolecular Hbond substituents is 1. The molecular formula is C36H70N2O4P+. The van der Waals surface area contributed by atoms with Gasteiger partial charge in [0.05, 0.1) is 40.4 Å². The minimum absolute atomic E-state index is 0.290. The summed E-state index contributed by atoms with van der Waals surface area (Å²) in [7, 11) is 1.11. The van der Waals surface area contributed by atoms with Crippen molar-refractivity contribution >= 4 is 7.60 Å². The lowest BCUT2D eigenvalue weighted by molar-refractivity contribution is -0.890. The van der Waals surface area contributed by atoms with Gasteiger partial charge in [-0.05, 0) is 66.3 Å². The summed E-state index contributed by atoms with van der Waals surface area (Å²) in [6, 6.07) is 4.00. The van der Waals surface area contributed by atoms with Gasteiger partial charge in [-0.2, -0.15) is 0 Å². The highest BCUT2D eigenvalue weighted by molar-refractivity contribution is 7.54. The average Bonchev–Trinajstić information content (AvgIpc) is 2.89. The van der Waals surface area contributed by atoms with Crippen LogP contribution in [0.15, 0.2) is 12.1 Å². The number of nitrogens with one attached hydrogen (secondary N) is 1. The van der Waals surface area contributed by atoms with Gasteiger partial charge in [-0.1, -0.05) is 99.8 Å². The lowest BCUT2D eigenvalue weighted by Crippen LogP contribution is -2.42. The Morgan fingerprint density at radius 1 is 0.744 bits per heavy atom. The zero-order valence-corrected chi connectivity index (χ0v) is 31.0. The van der Waals surface area contributed by atoms with Crippen molar-refractivity contribution in [2.24, 2.45) is 0 Å². The summed E-state index contributed by atoms with van der Waals surface area (Å²) < 4.78 is 27.0. The van der Waals surface area contributed by atoms with Crippen LogP contribution in [0.1, 0.15) is 155 Å². The molecule has 1 unspecified atom stereocenters. The molecule has 0 amide bonds. The number of aromatic hydroxyl groups is 1. The first-order chi connectivity index (χ1) is 20.0. The number of unbranched alkanes of at least 4 members (excludes halogenated alkanes) is 9. The predicted molar refractivity (Wildman–Crippen MR) is 185 cm³/mol. The second-order valence-electron chi connectivity index (χ2n) is 15.1. The molecule has 1 rings (SSSR count). The van der Waals surface area contributed by atoms with Gasteiger partial charge in [-0.3, -0.25) is 9.88 Å². The first kappa shape index (κ1) is 40.1. The van der Waals surface area contributed by atoms with E-state index in [9.17, 15) is 9.67 Å². The normalized spacial score (nSPS) is 13.9. The van der Waals surface area contributed by atoms with E-state index < -0.39 is 13.4 Å². The maximum absolute atomic E-state index is 14.3. The summed E-state index contributed by atoms with van der Waals surface area (Å²) in [5.74, 6) is -0.302. The van der Waals surface area contributed by atoms with Crippen LogP contribution in [-0.4, -0.2) is 56.5 Å². The van der Waals surface area contributed by atoms with Gasteiger partial charge < -0.3 is 18.6 Å². The van der Waals surface area contributed by atoms with E-state index in [2.05, 4.69) is 67.9 Å². The van der Waals surface area contributed by atoms with Crippen LogP contribution in [0.5, 0.6) is 5.75 Å². The standard InChI is InChI=1S/C36H69N2O4P/c1-12-15-16-17-18-19-20-21-22-23-26-38(10,11)27-24-25-37-34(43(40,41-13-2)42-14-3)30-28-31(35(4,5)6)33(39)32(29-30)36(7,8)9/h28-29,34,37H,12-27H2,1-11H3/p+1. The fraction of sp³-hybridized carbons (Fsp3) is 0.833. The maximum Gasteiger partial charge on any atom is 0.351 e. The van der Waals surface area contributed by atoms with E-state index in [1.165, 1.54) is 70.8 Å². The monoisotopic (exact) mass is 626 g/mol. The van der Waals surface area contributed by atoms with Crippen molar-refractivity contribution in [1.29, 1.82) is 0 Å². The summed E-state index contributed by atoms with van der Waals surface area (Å²) in [4.78, 5) is 0. The molecule has 0 saturated carbocycles. The third kappa shape index (κ3) is 14.4. The SMILES string of the molecule is CCCCCCCCCCCC[N+](C)(C)CCCNC(c1cc(C(C)(C)C)c(O)c(C(C)(C)C)c1)P(=O)(OCC)OCC. The van der Waals surface area contributed by atoms with Gasteiger partial charge in [0.15, 0.2) is 0 Å². The third-order valence-electron chi connectivity index (χ3n) is 8.39. The molecule has 0 aliphatic rings. The number of rotatable bonds is 22. The first-order valence-electron chi connectivity index (χ1n) is 17.3. The van der Waals surface area contributed by atoms with Crippen LogP contribution in [0.2, 0.25) is 0 Å². The van der Waals surface area contributed by atoms with Crippen LogP contribution < -0.4 is 5.32 Å². The zero-order chi connectivity index (χ0) is 32.7. The molecule has 0 fully saturated rings. The van der Waals surface area contributed by atoms with E-state index in [1.54, 1.807) is 0 Å². The van der Waals surface area contributed by atoms with E-state index in [0.717, 1.165) is 34.1 Å². The molecule has 43 heavy (non-hydrogen) atoms. The molecular weight excluding hydrogens is 555 g/mol. The lowest BCUT2D eigenvalue weighted by atomic mass is 9.78. The van der Waals surface area contributed by atoms with Crippen LogP contribution in [0.25, 0.3) is 0 Å². The molecule has 0 saturated heterocycles. The number of nitrogens with zero attached hydrogens (tertiary/aromatic N) is 1. The molecule has 1 aromatic rings. The van der Waals surface area contributed by atoms with Crippen LogP contribution in [0.4, 0.5) is 0 Å². The highest BCUT2D eigenvalue weighted by Gasteiger charge is 2.39. The Morgan fingerprint density at radius 2 is 1.16 bits per heavy atom. The van der Waals surface area contributed by atoms with Crippen molar-refractivity contribution in [3.8, 4) is 5.75 Å². The molecule has 252 valence electrons. The van der Waals surface area contributed by atoms with E-state index in [-0.39, 0.29) is 10.8 Å². The highest BCUT2D eigenvalue weighted by Crippen LogP contribution is 2.60. The van der Waals surface area contributed by atoms with Gasteiger partial charge in [-0.25, -0.2) is 0 Å². The summed E-state index contributed by atoms with van der Waals surface area (Å²) in [5.41, 5.74) is 1.95. The Bertz CT molecular complexity index is 920. The van der Waals surface area contributed by atoms with E-state index in [0.29, 0.717) is 25.5 Å². The van der Waals surface area contributed by atoms with Gasteiger partial charge in [-0.15, -0.1) is 0 Å². The molecule has 0 bridgehead atoms. The van der Waals surface area contributed by atoms with Crippen LogP contribution in [0.3, 0.4) is 0 Å². The topological polar surface area (TPSA) is 67.8 Å². The van der Waals surface area contributed by atoms with Gasteiger partial charge in [0.1, 0.15) is 11.5 Å². The number of quaternary nitrogens is 1. The van der Waals surface area contributed by atoms with Crippen LogP contribution >= 0.6 is 7.60 Å². The van der Waals surface area contributed by atoms with E-state index >= 15 is 0 Å². The Labute approximate surface area is 266 Å². The van der Waals surface area contributed by atoms with Gasteiger partial charge in [0, 0.05) is 13.0 Å². The molecule has 0 aliphatic carbocycles. The molecule has 0 aromatic heterocycles. The maximum atomic E-state index is 14.3. The molecule has 0 aliphatic heterocycles. The second kappa shape index (κ2) is 18.9. The lowest BCUT2D eigenvalue weighted by Gasteiger charge is -2.33. The summed E-state index contributed by atoms with van der Waals surface area (Å²) >= 11 is 0. The van der Waals surface area contributed by atoms with E-state index in [1.807, 2.05) is 26.0 Å². The van der Waals surface area contributed by atoms with Crippen molar-refractivity contribution < 1.29 is 23.2 Å². The molecule has 7 heteroatoms. The molecule has 0 heterocycles. The molecule has 1 atom stereocenters. The summed E-state index contributed by atoms with van der Waals surface area (Å²) in [5, 5.41) is 14.9. The number of benzene rings is 1. The molecule has 0 radical (unpaired) electrons.